The van der Waals surface area contributed by atoms with Gasteiger partial charge < -0.3 is 75.8 Å². The van der Waals surface area contributed by atoms with Crippen LogP contribution in [-0.4, -0.2) is 220 Å². The number of ether oxygens (including phenoxy) is 8. The van der Waals surface area contributed by atoms with Gasteiger partial charge in [-0.2, -0.15) is 15.0 Å². The predicted molar refractivity (Wildman–Crippen MR) is 393 cm³/mol. The summed E-state index contributed by atoms with van der Waals surface area (Å²) < 4.78 is 167. The minimum absolute atomic E-state index is 0.00318. The lowest BCUT2D eigenvalue weighted by molar-refractivity contribution is -0.217. The van der Waals surface area contributed by atoms with Gasteiger partial charge in [-0.15, -0.1) is 0 Å². The second kappa shape index (κ2) is 28.4. The van der Waals surface area contributed by atoms with Crippen LogP contribution in [0.1, 0.15) is 89.5 Å². The molecule has 48 nitrogen and oxygen atoms in total. The van der Waals surface area contributed by atoms with Gasteiger partial charge in [-0.1, -0.05) is 43.7 Å². The minimum atomic E-state index is -5.68. The van der Waals surface area contributed by atoms with Gasteiger partial charge in [-0.3, -0.25) is 83.4 Å². The normalized spacial score (nSPS) is 34.7. The molecular weight excluding hydrogens is 1640 g/mol. The lowest BCUT2D eigenvalue weighted by atomic mass is 9.94. The SMILES string of the molecule is CC[C@H]1O[C@@H](n2cc(C)c(N)nc2=O)CC1OP(=O)(S)OC[C@H]1O[C@@H](n2cnc3c(=O)[nH]c(N)nc32)CC1OP(=O)(S)OC[C@]12O[C@@H](n3cnc4c(N)ncnc43)[C@@H](O[C@H]1C)C2OP(=O)(O)OC[C@]12O[C@@H](n3cnc4c(=O)[nH]c(N)nc43)[C@@H](O[C@H]1C)C2OP(=O)(S)OC[C@]12O[C@@H](n3cnc4c(=O)[nH]c(C)nc43)[C@@H](O[C@H]1C)C2O. The second-order valence-corrected chi connectivity index (χ2v) is 38.2. The fourth-order valence-electron chi connectivity index (χ4n) is 15.8. The van der Waals surface area contributed by atoms with E-state index in [9.17, 15) is 33.7 Å². The van der Waals surface area contributed by atoms with Crippen LogP contribution < -0.4 is 45.3 Å². The summed E-state index contributed by atoms with van der Waals surface area (Å²) in [4.78, 5) is 114. The Bertz CT molecular complexity index is 5780. The first-order valence-electron chi connectivity index (χ1n) is 34.8. The summed E-state index contributed by atoms with van der Waals surface area (Å²) in [7, 11) is -5.68. The Morgan fingerprint density at radius 2 is 0.991 bits per heavy atom. The average molecular weight is 1710 g/mol. The summed E-state index contributed by atoms with van der Waals surface area (Å²) >= 11 is 13.2. The van der Waals surface area contributed by atoms with Crippen molar-refractivity contribution in [3.05, 3.63) is 90.8 Å². The van der Waals surface area contributed by atoms with E-state index < -0.39 is 204 Å². The number of hydrogen-bond donors (Lipinski definition) is 12. The fourth-order valence-corrected chi connectivity index (χ4v) is 21.3. The van der Waals surface area contributed by atoms with E-state index in [4.69, 9.17) is 97.0 Å². The van der Waals surface area contributed by atoms with Crippen LogP contribution >= 0.6 is 65.0 Å². The van der Waals surface area contributed by atoms with Crippen molar-refractivity contribution in [2.45, 2.75) is 188 Å². The number of nitrogens with one attached hydrogen (secondary N) is 3. The van der Waals surface area contributed by atoms with Crippen molar-refractivity contribution in [3.8, 4) is 0 Å². The van der Waals surface area contributed by atoms with Crippen molar-refractivity contribution < 1.29 is 102 Å². The number of aliphatic hydroxyl groups is 1. The number of phosphoric acid groups is 1. The van der Waals surface area contributed by atoms with Crippen molar-refractivity contribution in [2.24, 2.45) is 0 Å². The van der Waals surface area contributed by atoms with Crippen molar-refractivity contribution >= 4 is 133 Å². The van der Waals surface area contributed by atoms with E-state index in [0.717, 1.165) is 6.33 Å². The minimum Gasteiger partial charge on any atom is -0.387 e. The van der Waals surface area contributed by atoms with E-state index in [1.807, 2.05) is 0 Å². The van der Waals surface area contributed by atoms with Crippen LogP contribution in [0.3, 0.4) is 0 Å². The molecule has 25 atom stereocenters. The maximum atomic E-state index is 15.3. The first-order chi connectivity index (χ1) is 53.5. The van der Waals surface area contributed by atoms with Crippen molar-refractivity contribution in [2.75, 3.05) is 49.4 Å². The van der Waals surface area contributed by atoms with Crippen LogP contribution in [0.4, 0.5) is 23.5 Å². The molecule has 0 aliphatic carbocycles. The topological polar surface area (TPSA) is 630 Å². The molecule has 9 unspecified atom stereocenters. The zero-order valence-electron chi connectivity index (χ0n) is 59.6. The average Bonchev–Trinajstić information content (AvgIpc) is 1.55. The van der Waals surface area contributed by atoms with Gasteiger partial charge in [0.15, 0.2) is 63.6 Å². The molecule has 8 aliphatic heterocycles. The van der Waals surface area contributed by atoms with Crippen LogP contribution in [-0.2, 0) is 92.3 Å². The molecule has 0 saturated carbocycles. The number of rotatable bonds is 26. The van der Waals surface area contributed by atoms with Crippen molar-refractivity contribution in [3.63, 3.8) is 0 Å². The quantitative estimate of drug-likeness (QED) is 0.0271. The number of fused-ring (bicyclic) bond motifs is 10. The Morgan fingerprint density at radius 3 is 1.60 bits per heavy atom. The van der Waals surface area contributed by atoms with E-state index in [0.29, 0.717) is 12.0 Å². The van der Waals surface area contributed by atoms with Gasteiger partial charge in [0.05, 0.1) is 82.3 Å². The van der Waals surface area contributed by atoms with Gasteiger partial charge in [0, 0.05) is 24.6 Å². The molecule has 113 heavy (non-hydrogen) atoms. The van der Waals surface area contributed by atoms with Crippen LogP contribution in [0.5, 0.6) is 0 Å². The number of nitrogen functional groups attached to an aromatic ring is 4. The number of H-pyrrole nitrogens is 3. The zero-order valence-corrected chi connectivity index (χ0v) is 65.9. The first-order valence-corrected chi connectivity index (χ1v) is 44.3. The molecule has 0 amide bonds. The van der Waals surface area contributed by atoms with Gasteiger partial charge in [0.25, 0.3) is 16.7 Å². The highest BCUT2D eigenvalue weighted by Gasteiger charge is 2.72. The maximum absolute atomic E-state index is 15.3. The number of phosphoric ester groups is 1. The summed E-state index contributed by atoms with van der Waals surface area (Å²) in [5.74, 6) is -0.341. The lowest BCUT2D eigenvalue weighted by Crippen LogP contribution is -2.51. The van der Waals surface area contributed by atoms with E-state index in [2.05, 4.69) is 102 Å². The molecule has 17 rings (SSSR count). The second-order valence-electron chi connectivity index (χ2n) is 28.1. The zero-order chi connectivity index (χ0) is 79.9. The standard InChI is InChI=1S/C58H72N22O26P4S3/c1-7-25-26(8-29(98-25)76-10-20(2)41(59)71-55(76)85)103-108(88,111)91-11-28-27(9-30(99-28)77-16-66-33-45(77)72-53(61)74-48(33)83)104-109(89,112)94-14-58-23(5)96-36(51(101-58)78-17-65-31-42(60)63-15-64-43(31)78)39(58)105-107(86,87)92-13-57-22(4)97-37(52(102-57)80-19-68-34-46(80)73-54(62)75-49(34)84)40(57)106-110(90,113)93-12-56-21(3)95-35(38(56)81)50(100-56)79-18-67-32-44(79)69-24(6)70-47(32)82/h10,15-19,21-23,25-30,35-40,50-52,81H,7-9,11-14H2,1-6H3,(H,86,87)(H,88,111)(H,89,112)(H,90,113)(H2,59,71,85)(H2,60,63,64)(H,69,70,82)(H3,61,72,74,83)(H3,62,73,75,84)/t21-,22-,23-,25+,26?,27?,28+,29+,30+,35-,36-,37-,38?,39?,40?,50+,51+,52+,56-,57-,58-,108?,109?,110?/m0/s1. The van der Waals surface area contributed by atoms with Gasteiger partial charge in [-0.25, -0.2) is 57.9 Å². The third-order valence-electron chi connectivity index (χ3n) is 21.4. The highest BCUT2D eigenvalue weighted by Crippen LogP contribution is 2.66. The molecule has 13 N–H and O–H groups in total. The molecule has 8 fully saturated rings. The molecule has 0 spiro atoms. The molecule has 55 heteroatoms. The molecular formula is C58H72N22O26P4S3. The van der Waals surface area contributed by atoms with E-state index in [1.165, 1.54) is 68.2 Å². The van der Waals surface area contributed by atoms with Gasteiger partial charge in [0.1, 0.15) is 102 Å². The summed E-state index contributed by atoms with van der Waals surface area (Å²) in [5.41, 5.74) is 15.7. The summed E-state index contributed by atoms with van der Waals surface area (Å²) in [6.45, 7) is -7.95. The van der Waals surface area contributed by atoms with Gasteiger partial charge in [-0.05, 0) is 41.0 Å². The highest BCUT2D eigenvalue weighted by atomic mass is 32.7. The van der Waals surface area contributed by atoms with Gasteiger partial charge in [0.2, 0.25) is 11.9 Å². The number of hydrogen-bond acceptors (Lipinski definition) is 39. The molecule has 9 aromatic rings. The van der Waals surface area contributed by atoms with Crippen LogP contribution in [0.25, 0.3) is 44.7 Å². The monoisotopic (exact) mass is 1710 g/mol. The number of aryl methyl sites for hydroxylation is 2. The van der Waals surface area contributed by atoms with Crippen molar-refractivity contribution in [1.29, 1.82) is 0 Å². The summed E-state index contributed by atoms with van der Waals surface area (Å²) in [5, 5.41) is 11.9. The number of imidazole rings is 4. The van der Waals surface area contributed by atoms with Crippen LogP contribution in [0.2, 0.25) is 0 Å². The highest BCUT2D eigenvalue weighted by molar-refractivity contribution is 8.45. The Hall–Kier alpha value is -7.07. The van der Waals surface area contributed by atoms with Crippen LogP contribution in [0.15, 0.2) is 57.0 Å². The number of nitrogens with two attached hydrogens (primary N) is 4. The molecule has 17 heterocycles. The van der Waals surface area contributed by atoms with Gasteiger partial charge >= 0.3 is 33.9 Å². The van der Waals surface area contributed by atoms with Crippen molar-refractivity contribution in [1.82, 2.24) is 87.6 Å². The molecule has 9 aromatic heterocycles. The number of aliphatic hydroxyl groups excluding tert-OH is 1. The number of nitrogens with zero attached hydrogens (tertiary/aromatic N) is 15. The Labute approximate surface area is 648 Å². The van der Waals surface area contributed by atoms with E-state index in [-0.39, 0.29) is 86.9 Å². The molecule has 8 aliphatic rings. The summed E-state index contributed by atoms with van der Waals surface area (Å²) in [6.07, 6.45) is -15.1. The number of aromatic amines is 3. The third-order valence-corrected chi connectivity index (χ3v) is 27.2. The van der Waals surface area contributed by atoms with E-state index >= 15 is 13.7 Å². The number of anilines is 4. The molecule has 608 valence electrons. The number of aromatic nitrogens is 18. The Balaban J connectivity index is 0.641. The predicted octanol–water partition coefficient (Wildman–Crippen LogP) is 1.76. The third kappa shape index (κ3) is 13.5. The Kier molecular flexibility index (Phi) is 19.7. The maximum Gasteiger partial charge on any atom is 0.472 e. The fraction of sp³-hybridized carbons (Fsp3) is 0.586. The molecule has 6 bridgehead atoms. The molecule has 8 saturated heterocycles. The van der Waals surface area contributed by atoms with E-state index in [1.54, 1.807) is 27.7 Å². The Morgan fingerprint density at radius 1 is 0.531 bits per heavy atom. The largest absolute Gasteiger partial charge is 0.472 e. The summed E-state index contributed by atoms with van der Waals surface area (Å²) in [6, 6.07) is 0. The molecule has 0 radical (unpaired) electrons. The van der Waals surface area contributed by atoms with Crippen LogP contribution in [0, 0.1) is 13.8 Å². The smallest absolute Gasteiger partial charge is 0.387 e. The number of thiol groups is 3. The molecule has 0 aromatic carbocycles. The first kappa shape index (κ1) is 78.5. The lowest BCUT2D eigenvalue weighted by Gasteiger charge is -2.38.